The normalized spacial score (nSPS) is 28.7. The minimum absolute atomic E-state index is 0.856. The molecule has 1 nitrogen and oxygen atoms in total. The second-order valence-electron chi connectivity index (χ2n) is 7.22. The van der Waals surface area contributed by atoms with Crippen molar-refractivity contribution in [1.82, 2.24) is 4.98 Å². The van der Waals surface area contributed by atoms with Crippen LogP contribution in [0.4, 0.5) is 0 Å². The number of fused-ring (bicyclic) bond motifs is 2. The van der Waals surface area contributed by atoms with Crippen LogP contribution in [0.15, 0.2) is 41.6 Å². The van der Waals surface area contributed by atoms with Gasteiger partial charge >= 0.3 is 0 Å². The quantitative estimate of drug-likeness (QED) is 0.634. The number of allylic oxidation sites excluding steroid dienone is 4. The first-order chi connectivity index (χ1) is 10.7. The van der Waals surface area contributed by atoms with Gasteiger partial charge in [-0.1, -0.05) is 37.0 Å². The predicted molar refractivity (Wildman–Crippen MR) is 94.5 cm³/mol. The maximum atomic E-state index is 4.50. The molecule has 2 aliphatic rings. The topological polar surface area (TPSA) is 12.9 Å². The monoisotopic (exact) mass is 295 g/mol. The molecule has 0 aromatic carbocycles. The molecule has 118 valence electrons. The number of hydrogen-bond acceptors (Lipinski definition) is 1. The average Bonchev–Trinajstić information content (AvgIpc) is 3.04. The van der Waals surface area contributed by atoms with Crippen LogP contribution in [0.1, 0.15) is 70.9 Å². The lowest BCUT2D eigenvalue weighted by Gasteiger charge is -2.16. The third kappa shape index (κ3) is 3.69. The van der Waals surface area contributed by atoms with E-state index < -0.39 is 0 Å². The summed E-state index contributed by atoms with van der Waals surface area (Å²) in [4.78, 5) is 4.50. The molecule has 22 heavy (non-hydrogen) atoms. The SMILES string of the molecule is CC(/C=C1\CCCCCC2CCC1C2)=C(/C)c1ccccn1. The van der Waals surface area contributed by atoms with Gasteiger partial charge in [-0.3, -0.25) is 4.98 Å². The highest BCUT2D eigenvalue weighted by molar-refractivity contribution is 5.66. The number of pyridine rings is 1. The van der Waals surface area contributed by atoms with E-state index >= 15 is 0 Å². The molecule has 0 spiro atoms. The zero-order chi connectivity index (χ0) is 15.4. The van der Waals surface area contributed by atoms with E-state index in [0.29, 0.717) is 0 Å². The van der Waals surface area contributed by atoms with Crippen LogP contribution in [0, 0.1) is 11.8 Å². The summed E-state index contributed by atoms with van der Waals surface area (Å²) in [5, 5.41) is 0. The summed E-state index contributed by atoms with van der Waals surface area (Å²) in [5.74, 6) is 1.86. The standard InChI is InChI=1S/C21H29N/c1-16(17(2)21-10-6-7-13-22-21)14-19-9-5-3-4-8-18-11-12-20(19)15-18/h6-7,10,13-14,18,20H,3-5,8-9,11-12,15H2,1-2H3/b17-16+,19-14+. The smallest absolute Gasteiger partial charge is 0.0661 e. The van der Waals surface area contributed by atoms with Gasteiger partial charge < -0.3 is 0 Å². The zero-order valence-electron chi connectivity index (χ0n) is 14.1. The van der Waals surface area contributed by atoms with E-state index in [1.165, 1.54) is 62.5 Å². The zero-order valence-corrected chi connectivity index (χ0v) is 14.1. The number of nitrogens with zero attached hydrogens (tertiary/aromatic N) is 1. The lowest BCUT2D eigenvalue weighted by Crippen LogP contribution is -2.01. The molecule has 1 aromatic rings. The summed E-state index contributed by atoms with van der Waals surface area (Å²) in [6, 6.07) is 6.18. The first kappa shape index (κ1) is 15.5. The molecule has 1 heterocycles. The Bertz CT molecular complexity index is 553. The van der Waals surface area contributed by atoms with E-state index in [9.17, 15) is 0 Å². The Kier molecular flexibility index (Phi) is 5.12. The summed E-state index contributed by atoms with van der Waals surface area (Å²) in [7, 11) is 0. The van der Waals surface area contributed by atoms with Crippen LogP contribution in [-0.4, -0.2) is 4.98 Å². The summed E-state index contributed by atoms with van der Waals surface area (Å²) in [6.45, 7) is 4.47. The molecule has 0 N–H and O–H groups in total. The maximum Gasteiger partial charge on any atom is 0.0661 e. The molecular formula is C21H29N. The number of aromatic nitrogens is 1. The van der Waals surface area contributed by atoms with Crippen LogP contribution in [0.3, 0.4) is 0 Å². The summed E-state index contributed by atoms with van der Waals surface area (Å²) in [5.41, 5.74) is 5.56. The highest BCUT2D eigenvalue weighted by Gasteiger charge is 2.27. The molecule has 2 saturated carbocycles. The molecule has 2 aliphatic carbocycles. The molecule has 1 aromatic heterocycles. The Balaban J connectivity index is 1.84. The third-order valence-electron chi connectivity index (χ3n) is 5.69. The molecule has 2 bridgehead atoms. The second-order valence-corrected chi connectivity index (χ2v) is 7.22. The largest absolute Gasteiger partial charge is 0.257 e. The van der Waals surface area contributed by atoms with Gasteiger partial charge in [0.05, 0.1) is 5.69 Å². The Morgan fingerprint density at radius 1 is 1.09 bits per heavy atom. The highest BCUT2D eigenvalue weighted by Crippen LogP contribution is 2.41. The molecule has 1 heteroatoms. The first-order valence-corrected chi connectivity index (χ1v) is 9.03. The fourth-order valence-electron chi connectivity index (χ4n) is 4.18. The Morgan fingerprint density at radius 3 is 2.82 bits per heavy atom. The van der Waals surface area contributed by atoms with Gasteiger partial charge in [-0.05, 0) is 81.1 Å². The molecule has 2 atom stereocenters. The average molecular weight is 295 g/mol. The molecular weight excluding hydrogens is 266 g/mol. The van der Waals surface area contributed by atoms with Crippen molar-refractivity contribution in [2.75, 3.05) is 0 Å². The highest BCUT2D eigenvalue weighted by atomic mass is 14.7. The van der Waals surface area contributed by atoms with Crippen molar-refractivity contribution in [1.29, 1.82) is 0 Å². The summed E-state index contributed by atoms with van der Waals surface area (Å²) < 4.78 is 0. The lowest BCUT2D eigenvalue weighted by atomic mass is 9.90. The Morgan fingerprint density at radius 2 is 2.00 bits per heavy atom. The number of rotatable bonds is 2. The van der Waals surface area contributed by atoms with Crippen LogP contribution in [0.2, 0.25) is 0 Å². The van der Waals surface area contributed by atoms with Gasteiger partial charge in [0.1, 0.15) is 0 Å². The van der Waals surface area contributed by atoms with E-state index in [4.69, 9.17) is 0 Å². The third-order valence-corrected chi connectivity index (χ3v) is 5.69. The van der Waals surface area contributed by atoms with Crippen LogP contribution in [0.25, 0.3) is 5.57 Å². The van der Waals surface area contributed by atoms with E-state index in [1.54, 1.807) is 5.57 Å². The molecule has 0 amide bonds. The van der Waals surface area contributed by atoms with Gasteiger partial charge in [0.15, 0.2) is 0 Å². The first-order valence-electron chi connectivity index (χ1n) is 9.03. The summed E-state index contributed by atoms with van der Waals surface area (Å²) in [6.07, 6.45) is 15.8. The summed E-state index contributed by atoms with van der Waals surface area (Å²) >= 11 is 0. The second kappa shape index (κ2) is 7.26. The van der Waals surface area contributed by atoms with Crippen molar-refractivity contribution >= 4 is 5.57 Å². The van der Waals surface area contributed by atoms with E-state index in [-0.39, 0.29) is 0 Å². The van der Waals surface area contributed by atoms with Gasteiger partial charge in [0.2, 0.25) is 0 Å². The molecule has 3 rings (SSSR count). The van der Waals surface area contributed by atoms with E-state index in [2.05, 4.69) is 37.0 Å². The van der Waals surface area contributed by atoms with Gasteiger partial charge in [0, 0.05) is 6.20 Å². The molecule has 0 radical (unpaired) electrons. The maximum absolute atomic E-state index is 4.50. The molecule has 2 fully saturated rings. The van der Waals surface area contributed by atoms with Crippen molar-refractivity contribution in [3.63, 3.8) is 0 Å². The fraction of sp³-hybridized carbons (Fsp3) is 0.571. The minimum atomic E-state index is 0.856. The van der Waals surface area contributed by atoms with Crippen LogP contribution in [-0.2, 0) is 0 Å². The minimum Gasteiger partial charge on any atom is -0.257 e. The van der Waals surface area contributed by atoms with Crippen molar-refractivity contribution in [3.05, 3.63) is 47.3 Å². The molecule has 0 saturated heterocycles. The Hall–Kier alpha value is -1.37. The molecule has 2 unspecified atom stereocenters. The van der Waals surface area contributed by atoms with Gasteiger partial charge in [-0.2, -0.15) is 0 Å². The van der Waals surface area contributed by atoms with Crippen molar-refractivity contribution in [2.45, 2.75) is 65.2 Å². The molecule has 0 aliphatic heterocycles. The van der Waals surface area contributed by atoms with Gasteiger partial charge in [-0.25, -0.2) is 0 Å². The van der Waals surface area contributed by atoms with Gasteiger partial charge in [-0.15, -0.1) is 0 Å². The van der Waals surface area contributed by atoms with Crippen molar-refractivity contribution in [2.24, 2.45) is 11.8 Å². The van der Waals surface area contributed by atoms with E-state index in [0.717, 1.165) is 17.5 Å². The van der Waals surface area contributed by atoms with Crippen molar-refractivity contribution < 1.29 is 0 Å². The predicted octanol–water partition coefficient (Wildman–Crippen LogP) is 6.18. The van der Waals surface area contributed by atoms with Crippen molar-refractivity contribution in [3.8, 4) is 0 Å². The van der Waals surface area contributed by atoms with Crippen LogP contribution >= 0.6 is 0 Å². The van der Waals surface area contributed by atoms with Crippen LogP contribution in [0.5, 0.6) is 0 Å². The van der Waals surface area contributed by atoms with Gasteiger partial charge in [0.25, 0.3) is 0 Å². The van der Waals surface area contributed by atoms with E-state index in [1.807, 2.05) is 12.3 Å². The fourth-order valence-corrected chi connectivity index (χ4v) is 4.18. The lowest BCUT2D eigenvalue weighted by molar-refractivity contribution is 0.469. The number of hydrogen-bond donors (Lipinski definition) is 0. The van der Waals surface area contributed by atoms with Crippen LogP contribution < -0.4 is 0 Å². The Labute approximate surface area is 135 Å².